The largest absolute Gasteiger partial charge is 1.00 e. The number of benzene rings is 3. The molecule has 3 heterocycles. The number of rotatable bonds is 17. The van der Waals surface area contributed by atoms with Crippen molar-refractivity contribution in [3.63, 3.8) is 0 Å². The Morgan fingerprint density at radius 1 is 0.542 bits per heavy atom. The molecule has 13 nitrogen and oxygen atoms in total. The lowest BCUT2D eigenvalue weighted by molar-refractivity contribution is -0.136. The Balaban J connectivity index is 0.000000942. The van der Waals surface area contributed by atoms with Gasteiger partial charge in [-0.2, -0.15) is 37.0 Å². The van der Waals surface area contributed by atoms with E-state index in [0.29, 0.717) is 67.6 Å². The zero-order valence-electron chi connectivity index (χ0n) is 41.9. The molecule has 3 amide bonds. The van der Waals surface area contributed by atoms with Crippen LogP contribution in [0, 0.1) is 0 Å². The van der Waals surface area contributed by atoms with E-state index in [1.54, 1.807) is 11.8 Å². The molecule has 1 fully saturated rings. The normalized spacial score (nSPS) is 19.6. The summed E-state index contributed by atoms with van der Waals surface area (Å²) in [5.41, 5.74) is 3.40. The fraction of sp³-hybridized carbons (Fsp3) is 0.529. The maximum absolute atomic E-state index is 12.2. The highest BCUT2D eigenvalue weighted by Gasteiger charge is 2.34. The summed E-state index contributed by atoms with van der Waals surface area (Å²) >= 11 is 10.1. The van der Waals surface area contributed by atoms with E-state index in [2.05, 4.69) is 108 Å². The second kappa shape index (κ2) is 39.8. The Bertz CT molecular complexity index is 2010. The molecule has 3 aliphatic rings. The SMILES string of the molecule is C.CCOC1=N[C@@H](CSCC)C(=O)N[C@@H]1Cc1ccccc1.CCOC1=N[C@H](Cc2ccccc2)C(OCC)=N[C@H]1CS.CC[O+](CC)CC.FB(F)F.O=C1N[C@H](Cc2ccccc2)C(=O)N[C@H]1CS.[F-]. The third-order valence-corrected chi connectivity index (χ3v) is 12.0. The molecular weight excluding hydrogens is 992 g/mol. The van der Waals surface area contributed by atoms with Crippen LogP contribution in [0.1, 0.15) is 72.6 Å². The van der Waals surface area contributed by atoms with E-state index in [9.17, 15) is 27.3 Å². The standard InChI is InChI=1S/2C16H22N2O2S.C12H14N2O2S.C6H15O.CH4.BF3.FH/c1-3-20-16-13(10-12-8-6-5-7-9-12)17-15(19)14(18-16)11-21-4-2;1-3-19-15-13(10-12-8-6-5-7-9-12)17-16(20-4-2)14(11-21)18-15;15-11-9(6-8-4-2-1-3-5-8)13-12(16)10(7-17)14-11;1-4-7(5-2)6-3;;2-1(3)4;/h5-9,13-14H,3-4,10-11H2,1-2H3,(H,17,19);5-9,13-14,21H,3-4,10-11H2,1-2H3;1-5,9-10,17H,6-7H2,(H,13,16)(H,14,15);4-6H2,1-3H3;1H4;;1H/q;;;+1;;;/p-1/t2*13-,14+;9-,10+;;;;/m111..../s1. The van der Waals surface area contributed by atoms with Crippen LogP contribution in [0.25, 0.3) is 0 Å². The van der Waals surface area contributed by atoms with Crippen LogP contribution in [0.2, 0.25) is 0 Å². The van der Waals surface area contributed by atoms with Crippen LogP contribution in [0.5, 0.6) is 0 Å². The highest BCUT2D eigenvalue weighted by Crippen LogP contribution is 2.18. The van der Waals surface area contributed by atoms with E-state index in [-0.39, 0.29) is 54.0 Å². The highest BCUT2D eigenvalue weighted by atomic mass is 32.2. The Hall–Kier alpha value is -4.73. The van der Waals surface area contributed by atoms with Gasteiger partial charge in [0.2, 0.25) is 35.4 Å². The number of piperazine rings is 1. The molecule has 72 heavy (non-hydrogen) atoms. The van der Waals surface area contributed by atoms with Crippen LogP contribution >= 0.6 is 37.0 Å². The van der Waals surface area contributed by atoms with Crippen molar-refractivity contribution in [2.75, 3.05) is 62.7 Å². The third kappa shape index (κ3) is 25.8. The fourth-order valence-electron chi connectivity index (χ4n) is 6.90. The molecule has 6 rings (SSSR count). The van der Waals surface area contributed by atoms with E-state index in [4.69, 9.17) is 19.2 Å². The predicted molar refractivity (Wildman–Crippen MR) is 294 cm³/mol. The first-order valence-corrected chi connectivity index (χ1v) is 26.2. The second-order valence-corrected chi connectivity index (χ2v) is 17.3. The first kappa shape index (κ1) is 67.3. The molecule has 0 unspecified atom stereocenters. The number of thioether (sulfide) groups is 1. The number of hydrogen-bond acceptors (Lipinski definition) is 12. The molecule has 1 saturated heterocycles. The van der Waals surface area contributed by atoms with Gasteiger partial charge in [-0.15, -0.1) is 0 Å². The molecule has 6 atom stereocenters. The summed E-state index contributed by atoms with van der Waals surface area (Å²) in [7, 11) is -3.67. The van der Waals surface area contributed by atoms with Crippen LogP contribution in [-0.2, 0) is 52.2 Å². The lowest BCUT2D eigenvalue weighted by Gasteiger charge is -2.28. The van der Waals surface area contributed by atoms with Crippen LogP contribution in [0.15, 0.2) is 106 Å². The molecule has 3 aromatic carbocycles. The second-order valence-electron chi connectivity index (χ2n) is 15.3. The number of amides is 3. The van der Waals surface area contributed by atoms with Crippen molar-refractivity contribution in [1.29, 1.82) is 0 Å². The van der Waals surface area contributed by atoms with Crippen molar-refractivity contribution in [3.8, 4) is 0 Å². The molecule has 402 valence electrons. The van der Waals surface area contributed by atoms with Gasteiger partial charge >= 0.3 is 7.54 Å². The van der Waals surface area contributed by atoms with Crippen LogP contribution in [0.4, 0.5) is 12.9 Å². The minimum Gasteiger partial charge on any atom is -1.00 e. The number of aliphatic imine (C=N–C) groups is 3. The highest BCUT2D eigenvalue weighted by molar-refractivity contribution is 7.99. The quantitative estimate of drug-likeness (QED) is 0.0531. The van der Waals surface area contributed by atoms with Crippen LogP contribution < -0.4 is 20.7 Å². The fourth-order valence-corrected chi connectivity index (χ4v) is 8.08. The van der Waals surface area contributed by atoms with Gasteiger partial charge in [0.05, 0.1) is 19.8 Å². The number of thiol groups is 2. The van der Waals surface area contributed by atoms with E-state index in [1.165, 1.54) is 5.56 Å². The van der Waals surface area contributed by atoms with Crippen molar-refractivity contribution in [3.05, 3.63) is 108 Å². The van der Waals surface area contributed by atoms with Gasteiger partial charge in [-0.1, -0.05) is 105 Å². The zero-order chi connectivity index (χ0) is 51.7. The van der Waals surface area contributed by atoms with Crippen LogP contribution in [0.3, 0.4) is 0 Å². The van der Waals surface area contributed by atoms with E-state index in [0.717, 1.165) is 43.1 Å². The smallest absolute Gasteiger partial charge is 0.762 e. The Morgan fingerprint density at radius 3 is 1.33 bits per heavy atom. The summed E-state index contributed by atoms with van der Waals surface area (Å²) < 4.78 is 49.0. The molecule has 0 aromatic heterocycles. The molecule has 3 N–H and O–H groups in total. The van der Waals surface area contributed by atoms with Gasteiger partial charge in [-0.25, -0.2) is 15.0 Å². The van der Waals surface area contributed by atoms with Crippen LogP contribution in [-0.4, -0.2) is 142 Å². The summed E-state index contributed by atoms with van der Waals surface area (Å²) in [6.45, 7) is 19.4. The molecule has 3 aliphatic heterocycles. The lowest BCUT2D eigenvalue weighted by atomic mass is 10.0. The van der Waals surface area contributed by atoms with E-state index < -0.39 is 19.6 Å². The minimum absolute atomic E-state index is 0. The van der Waals surface area contributed by atoms with Crippen molar-refractivity contribution in [1.82, 2.24) is 16.0 Å². The van der Waals surface area contributed by atoms with Gasteiger partial charge in [0.1, 0.15) is 56.1 Å². The van der Waals surface area contributed by atoms with Crippen molar-refractivity contribution < 1.29 is 50.6 Å². The van der Waals surface area contributed by atoms with Gasteiger partial charge in [-0.05, 0) is 43.2 Å². The first-order chi connectivity index (χ1) is 33.8. The maximum Gasteiger partial charge on any atom is 0.762 e. The first-order valence-electron chi connectivity index (χ1n) is 23.8. The predicted octanol–water partition coefficient (Wildman–Crippen LogP) is 5.32. The summed E-state index contributed by atoms with van der Waals surface area (Å²) in [6, 6.07) is 28.2. The molecule has 0 aliphatic carbocycles. The van der Waals surface area contributed by atoms with Crippen molar-refractivity contribution in [2.45, 2.75) is 111 Å². The Kier molecular flexibility index (Phi) is 37.2. The average molecular weight is 1070 g/mol. The molecule has 0 bridgehead atoms. The summed E-state index contributed by atoms with van der Waals surface area (Å²) in [6.07, 6.45) is 1.98. The van der Waals surface area contributed by atoms with Gasteiger partial charge in [0.15, 0.2) is 0 Å². The molecule has 3 aromatic rings. The summed E-state index contributed by atoms with van der Waals surface area (Å²) in [4.78, 5) is 49.4. The number of nitrogens with zero attached hydrogens (tertiary/aromatic N) is 3. The number of carbonyl (C=O) groups excluding carboxylic acids is 3. The van der Waals surface area contributed by atoms with Gasteiger partial charge in [-0.3, -0.25) is 27.3 Å². The van der Waals surface area contributed by atoms with Crippen molar-refractivity contribution in [2.24, 2.45) is 15.0 Å². The topological polar surface area (TPSA) is 155 Å². The van der Waals surface area contributed by atoms with E-state index in [1.807, 2.05) is 87.5 Å². The summed E-state index contributed by atoms with van der Waals surface area (Å²) in [5.74, 6) is 4.26. The van der Waals surface area contributed by atoms with E-state index >= 15 is 0 Å². The average Bonchev–Trinajstić information content (AvgIpc) is 3.36. The lowest BCUT2D eigenvalue weighted by Crippen LogP contribution is -3.00. The van der Waals surface area contributed by atoms with Gasteiger partial charge in [0.25, 0.3) is 0 Å². The third-order valence-electron chi connectivity index (χ3n) is 10.4. The van der Waals surface area contributed by atoms with Crippen molar-refractivity contribution >= 4 is 80.0 Å². The number of ether oxygens (including phenoxy) is 3. The monoisotopic (exact) mass is 1070 g/mol. The molecule has 21 heteroatoms. The minimum atomic E-state index is -3.67. The molecular formula is C51H77BF4N6O7S3. The molecule has 0 radical (unpaired) electrons. The molecule has 0 saturated carbocycles. The number of nitrogens with one attached hydrogen (secondary N) is 3. The number of carbonyl (C=O) groups is 3. The maximum atomic E-state index is 12.2. The summed E-state index contributed by atoms with van der Waals surface area (Å²) in [5, 5.41) is 8.43. The zero-order valence-corrected chi connectivity index (χ0v) is 44.5. The number of hydrogen-bond donors (Lipinski definition) is 5. The number of halogens is 4. The molecule has 0 spiro atoms. The Morgan fingerprint density at radius 2 is 0.917 bits per heavy atom. The van der Waals surface area contributed by atoms with Gasteiger partial charge in [0, 0.05) is 57.3 Å². The van der Waals surface area contributed by atoms with Gasteiger partial charge < -0.3 is 39.2 Å². The Labute approximate surface area is 441 Å².